The first kappa shape index (κ1) is 17.1. The van der Waals surface area contributed by atoms with Crippen molar-refractivity contribution in [2.24, 2.45) is 5.41 Å². The molecule has 1 heterocycles. The van der Waals surface area contributed by atoms with Gasteiger partial charge in [0, 0.05) is 5.69 Å². The number of hydrogen-bond donors (Lipinski definition) is 0. The minimum atomic E-state index is -0.193. The van der Waals surface area contributed by atoms with Crippen LogP contribution in [0.2, 0.25) is 0 Å². The Labute approximate surface area is 132 Å². The first-order chi connectivity index (χ1) is 8.18. The van der Waals surface area contributed by atoms with E-state index in [1.807, 2.05) is 0 Å². The van der Waals surface area contributed by atoms with Gasteiger partial charge in [-0.05, 0) is 28.5 Å². The molecule has 1 aromatic carbocycles. The van der Waals surface area contributed by atoms with E-state index in [4.69, 9.17) is 0 Å². The Morgan fingerprint density at radius 2 is 1.63 bits per heavy atom. The maximum Gasteiger partial charge on any atom is 1.00 e. The minimum Gasteiger partial charge on any atom is -0.517 e. The maximum atomic E-state index is 2.49. The molecule has 0 bridgehead atoms. The topological polar surface area (TPSA) is 3.24 Å². The van der Waals surface area contributed by atoms with Crippen molar-refractivity contribution >= 4 is 18.9 Å². The van der Waals surface area contributed by atoms with Crippen LogP contribution in [0.3, 0.4) is 0 Å². The Morgan fingerprint density at radius 1 is 1.05 bits per heavy atom. The molecule has 1 atom stereocenters. The average molecular weight is 269 g/mol. The Kier molecular flexibility index (Phi) is 5.23. The summed E-state index contributed by atoms with van der Waals surface area (Å²) in [7, 11) is -0.193. The standard InChI is InChI=1S/C16H25NP.Li/c1-15(2,3)11-17-12-18(16(4,5)6)14-10-8-7-9-13(14)17;/h7-10,12H,11H2,1-6H3;/q-1;+1. The van der Waals surface area contributed by atoms with Gasteiger partial charge >= 0.3 is 18.9 Å². The van der Waals surface area contributed by atoms with E-state index in [9.17, 15) is 0 Å². The molecule has 0 aliphatic carbocycles. The molecule has 0 radical (unpaired) electrons. The quantitative estimate of drug-likeness (QED) is 0.425. The zero-order valence-electron chi connectivity index (χ0n) is 13.5. The summed E-state index contributed by atoms with van der Waals surface area (Å²) in [5.41, 5.74) is 1.75. The molecule has 1 nitrogen and oxygen atoms in total. The Morgan fingerprint density at radius 3 is 2.16 bits per heavy atom. The molecule has 100 valence electrons. The molecule has 0 saturated heterocycles. The van der Waals surface area contributed by atoms with Crippen molar-refractivity contribution < 1.29 is 18.9 Å². The van der Waals surface area contributed by atoms with Gasteiger partial charge in [0.05, 0.1) is 0 Å². The SMILES string of the molecule is CC(C)(C)CN1[CH-]P(C(C)(C)C)c2ccccc21.[Li+]. The molecule has 1 aliphatic rings. The van der Waals surface area contributed by atoms with Gasteiger partial charge in [-0.1, -0.05) is 59.7 Å². The molecule has 1 unspecified atom stereocenters. The smallest absolute Gasteiger partial charge is 0.517 e. The largest absolute Gasteiger partial charge is 1.00 e. The monoisotopic (exact) mass is 269 g/mol. The van der Waals surface area contributed by atoms with Crippen LogP contribution in [0.1, 0.15) is 41.5 Å². The first-order valence-electron chi connectivity index (χ1n) is 6.68. The molecule has 3 heteroatoms. The minimum absolute atomic E-state index is 0. The summed E-state index contributed by atoms with van der Waals surface area (Å²) in [5.74, 6) is 0. The van der Waals surface area contributed by atoms with Crippen molar-refractivity contribution in [2.75, 3.05) is 11.4 Å². The molecular formula is C16H25LiNP. The molecular weight excluding hydrogens is 244 g/mol. The Hall–Kier alpha value is 0.0474. The van der Waals surface area contributed by atoms with E-state index in [2.05, 4.69) is 77.0 Å². The Bertz CT molecular complexity index is 431. The summed E-state index contributed by atoms with van der Waals surface area (Å²) in [5, 5.41) is 1.89. The molecule has 0 aromatic heterocycles. The number of fused-ring (bicyclic) bond motifs is 1. The number of rotatable bonds is 1. The number of nitrogens with zero attached hydrogens (tertiary/aromatic N) is 1. The van der Waals surface area contributed by atoms with E-state index in [0.717, 1.165) is 6.54 Å². The van der Waals surface area contributed by atoms with E-state index >= 15 is 0 Å². The van der Waals surface area contributed by atoms with Gasteiger partial charge in [0.2, 0.25) is 0 Å². The van der Waals surface area contributed by atoms with E-state index in [-0.39, 0.29) is 26.8 Å². The van der Waals surface area contributed by atoms with Gasteiger partial charge in [-0.15, -0.1) is 0 Å². The van der Waals surface area contributed by atoms with Crippen LogP contribution in [0.4, 0.5) is 5.69 Å². The van der Waals surface area contributed by atoms with Gasteiger partial charge in [0.25, 0.3) is 0 Å². The number of anilines is 1. The molecule has 0 fully saturated rings. The summed E-state index contributed by atoms with van der Waals surface area (Å²) < 4.78 is 0. The molecule has 1 aromatic rings. The van der Waals surface area contributed by atoms with Crippen LogP contribution < -0.4 is 29.1 Å². The number of benzene rings is 1. The van der Waals surface area contributed by atoms with Crippen LogP contribution in [0.25, 0.3) is 0 Å². The average Bonchev–Trinajstić information content (AvgIpc) is 2.55. The molecule has 19 heavy (non-hydrogen) atoms. The first-order valence-corrected chi connectivity index (χ1v) is 8.10. The van der Waals surface area contributed by atoms with Crippen LogP contribution in [-0.4, -0.2) is 11.7 Å². The van der Waals surface area contributed by atoms with E-state index in [1.54, 1.807) is 5.30 Å². The van der Waals surface area contributed by atoms with Crippen molar-refractivity contribution in [2.45, 2.75) is 46.7 Å². The summed E-state index contributed by atoms with van der Waals surface area (Å²) >= 11 is 0. The van der Waals surface area contributed by atoms with Gasteiger partial charge in [0.1, 0.15) is 0 Å². The summed E-state index contributed by atoms with van der Waals surface area (Å²) in [6.45, 7) is 15.1. The van der Waals surface area contributed by atoms with E-state index < -0.39 is 0 Å². The van der Waals surface area contributed by atoms with E-state index in [1.165, 1.54) is 5.69 Å². The van der Waals surface area contributed by atoms with Crippen LogP contribution in [-0.2, 0) is 0 Å². The summed E-state index contributed by atoms with van der Waals surface area (Å²) in [6, 6.07) is 8.91. The van der Waals surface area contributed by atoms with Crippen molar-refractivity contribution in [1.29, 1.82) is 0 Å². The summed E-state index contributed by atoms with van der Waals surface area (Å²) in [4.78, 5) is 2.48. The fourth-order valence-corrected chi connectivity index (χ4v) is 4.72. The zero-order valence-corrected chi connectivity index (χ0v) is 14.4. The predicted octanol–water partition coefficient (Wildman–Crippen LogP) is 1.58. The normalized spacial score (nSPS) is 19.1. The molecule has 1 aliphatic heterocycles. The van der Waals surface area contributed by atoms with E-state index in [0.29, 0.717) is 10.6 Å². The second-order valence-electron chi connectivity index (χ2n) is 7.33. The molecule has 0 spiro atoms. The van der Waals surface area contributed by atoms with Crippen LogP contribution in [0.15, 0.2) is 24.3 Å². The van der Waals surface area contributed by atoms with Gasteiger partial charge in [-0.3, -0.25) is 0 Å². The van der Waals surface area contributed by atoms with Crippen molar-refractivity contribution in [1.82, 2.24) is 0 Å². The maximum absolute atomic E-state index is 2.49. The number of hydrogen-bond acceptors (Lipinski definition) is 1. The van der Waals surface area contributed by atoms with Crippen LogP contribution in [0, 0.1) is 11.7 Å². The number of para-hydroxylation sites is 1. The zero-order chi connectivity index (χ0) is 13.6. The van der Waals surface area contributed by atoms with Crippen LogP contribution >= 0.6 is 7.92 Å². The van der Waals surface area contributed by atoms with Gasteiger partial charge in [0.15, 0.2) is 0 Å². The van der Waals surface area contributed by atoms with Crippen molar-refractivity contribution in [3.05, 3.63) is 30.6 Å². The molecule has 0 saturated carbocycles. The Balaban J connectivity index is 0.00000180. The molecule has 0 amide bonds. The van der Waals surface area contributed by atoms with Gasteiger partial charge in [-0.25, -0.2) is 14.2 Å². The second-order valence-corrected chi connectivity index (χ2v) is 10.1. The summed E-state index contributed by atoms with van der Waals surface area (Å²) in [6.07, 6.45) is 2.49. The molecule has 2 rings (SSSR count). The van der Waals surface area contributed by atoms with Crippen molar-refractivity contribution in [3.8, 4) is 0 Å². The van der Waals surface area contributed by atoms with Gasteiger partial charge in [-0.2, -0.15) is 0 Å². The van der Waals surface area contributed by atoms with Gasteiger partial charge < -0.3 is 4.90 Å². The molecule has 0 N–H and O–H groups in total. The predicted molar refractivity (Wildman–Crippen MR) is 83.9 cm³/mol. The fraction of sp³-hybridized carbons (Fsp3) is 0.562. The third-order valence-corrected chi connectivity index (χ3v) is 5.93. The van der Waals surface area contributed by atoms with Crippen LogP contribution in [0.5, 0.6) is 0 Å². The second kappa shape index (κ2) is 5.81. The third kappa shape index (κ3) is 4.01. The van der Waals surface area contributed by atoms with Crippen molar-refractivity contribution in [3.63, 3.8) is 0 Å². The third-order valence-electron chi connectivity index (χ3n) is 3.07. The fourth-order valence-electron chi connectivity index (χ4n) is 2.35.